The van der Waals surface area contributed by atoms with Crippen LogP contribution in [0.15, 0.2) is 24.5 Å². The van der Waals surface area contributed by atoms with E-state index in [9.17, 15) is 10.1 Å². The zero-order chi connectivity index (χ0) is 15.9. The first kappa shape index (κ1) is 14.8. The van der Waals surface area contributed by atoms with E-state index in [4.69, 9.17) is 11.6 Å². The van der Waals surface area contributed by atoms with Crippen LogP contribution in [0.25, 0.3) is 0 Å². The van der Waals surface area contributed by atoms with Crippen LogP contribution in [0.5, 0.6) is 0 Å². The van der Waals surface area contributed by atoms with E-state index in [0.717, 1.165) is 30.8 Å². The third-order valence-electron chi connectivity index (χ3n) is 4.15. The number of nitro benzene ring substituents is 1. The number of hydrogen-bond donors (Lipinski definition) is 0. The molecule has 116 valence electrons. The van der Waals surface area contributed by atoms with Crippen molar-refractivity contribution in [3.05, 3.63) is 50.8 Å². The van der Waals surface area contributed by atoms with Crippen LogP contribution in [0.4, 0.5) is 11.4 Å². The number of halogens is 1. The van der Waals surface area contributed by atoms with Crippen LogP contribution in [0, 0.1) is 17.0 Å². The van der Waals surface area contributed by atoms with E-state index < -0.39 is 4.92 Å². The number of rotatable bonds is 3. The molecule has 3 rings (SSSR count). The third-order valence-corrected chi connectivity index (χ3v) is 4.44. The average molecular weight is 321 g/mol. The topological polar surface area (TPSA) is 64.2 Å². The maximum Gasteiger partial charge on any atom is 0.271 e. The third kappa shape index (κ3) is 2.66. The molecule has 0 aliphatic carbocycles. The fraction of sp³-hybridized carbons (Fsp3) is 0.400. The van der Waals surface area contributed by atoms with E-state index in [1.807, 2.05) is 31.0 Å². The summed E-state index contributed by atoms with van der Waals surface area (Å²) >= 11 is 6.29. The van der Waals surface area contributed by atoms with Gasteiger partial charge in [0.2, 0.25) is 0 Å². The van der Waals surface area contributed by atoms with Crippen LogP contribution >= 0.6 is 11.6 Å². The molecule has 0 spiro atoms. The van der Waals surface area contributed by atoms with Crippen molar-refractivity contribution in [3.8, 4) is 0 Å². The van der Waals surface area contributed by atoms with Crippen molar-refractivity contribution in [1.29, 1.82) is 0 Å². The van der Waals surface area contributed by atoms with Gasteiger partial charge in [-0.15, -0.1) is 0 Å². The molecule has 0 bridgehead atoms. The van der Waals surface area contributed by atoms with Gasteiger partial charge in [-0.1, -0.05) is 11.6 Å². The molecule has 7 heteroatoms. The van der Waals surface area contributed by atoms with E-state index in [2.05, 4.69) is 10.00 Å². The first-order valence-electron chi connectivity index (χ1n) is 7.13. The predicted octanol–water partition coefficient (Wildman–Crippen LogP) is 3.28. The molecule has 1 atom stereocenters. The monoisotopic (exact) mass is 320 g/mol. The molecule has 0 radical (unpaired) electrons. The molecule has 1 aliphatic rings. The van der Waals surface area contributed by atoms with Crippen LogP contribution in [-0.2, 0) is 7.05 Å². The van der Waals surface area contributed by atoms with Crippen LogP contribution in [-0.4, -0.2) is 27.8 Å². The minimum Gasteiger partial charge on any atom is -0.369 e. The molecule has 0 saturated carbocycles. The summed E-state index contributed by atoms with van der Waals surface area (Å²) in [5, 5.41) is 15.6. The summed E-state index contributed by atoms with van der Waals surface area (Å²) in [7, 11) is 1.91. The minimum absolute atomic E-state index is 0.0363. The lowest BCUT2D eigenvalue weighted by atomic mass is 10.0. The van der Waals surface area contributed by atoms with Gasteiger partial charge in [-0.05, 0) is 24.5 Å². The molecule has 22 heavy (non-hydrogen) atoms. The first-order chi connectivity index (χ1) is 10.5. The molecule has 0 N–H and O–H groups in total. The fourth-order valence-corrected chi connectivity index (χ4v) is 3.49. The summed E-state index contributed by atoms with van der Waals surface area (Å²) in [6.45, 7) is 3.60. The van der Waals surface area contributed by atoms with Gasteiger partial charge in [0.05, 0.1) is 21.8 Å². The Hall–Kier alpha value is -2.08. The van der Waals surface area contributed by atoms with Gasteiger partial charge in [-0.2, -0.15) is 5.10 Å². The Bertz CT molecular complexity index is 705. The van der Waals surface area contributed by atoms with Gasteiger partial charge in [-0.25, -0.2) is 0 Å². The van der Waals surface area contributed by atoms with Gasteiger partial charge in [-0.3, -0.25) is 14.8 Å². The Morgan fingerprint density at radius 1 is 1.45 bits per heavy atom. The Kier molecular flexibility index (Phi) is 3.78. The van der Waals surface area contributed by atoms with Gasteiger partial charge in [0.15, 0.2) is 0 Å². The highest BCUT2D eigenvalue weighted by atomic mass is 35.5. The maximum atomic E-state index is 10.9. The molecule has 2 aromatic rings. The van der Waals surface area contributed by atoms with Gasteiger partial charge in [0.25, 0.3) is 5.69 Å². The maximum absolute atomic E-state index is 10.9. The van der Waals surface area contributed by atoms with Crippen molar-refractivity contribution < 1.29 is 4.92 Å². The summed E-state index contributed by atoms with van der Waals surface area (Å²) in [6.07, 6.45) is 4.97. The molecule has 1 fully saturated rings. The Morgan fingerprint density at radius 2 is 2.23 bits per heavy atom. The Labute approximate surface area is 133 Å². The molecule has 1 aliphatic heterocycles. The highest BCUT2D eigenvalue weighted by Gasteiger charge is 2.28. The van der Waals surface area contributed by atoms with Crippen LogP contribution in [0.2, 0.25) is 5.02 Å². The minimum atomic E-state index is -0.412. The van der Waals surface area contributed by atoms with Crippen LogP contribution < -0.4 is 4.90 Å². The van der Waals surface area contributed by atoms with Gasteiger partial charge in [0, 0.05) is 44.4 Å². The fourth-order valence-electron chi connectivity index (χ4n) is 3.11. The summed E-state index contributed by atoms with van der Waals surface area (Å²) in [5.41, 5.74) is 3.00. The molecule has 1 aromatic carbocycles. The molecule has 1 saturated heterocycles. The zero-order valence-electron chi connectivity index (χ0n) is 12.5. The second kappa shape index (κ2) is 5.61. The lowest BCUT2D eigenvalue weighted by molar-refractivity contribution is -0.384. The number of non-ortho nitro benzene ring substituents is 1. The number of aromatic nitrogens is 2. The number of aryl methyl sites for hydroxylation is 2. The number of nitro groups is 1. The van der Waals surface area contributed by atoms with Crippen LogP contribution in [0.1, 0.15) is 23.5 Å². The second-order valence-electron chi connectivity index (χ2n) is 5.73. The number of nitrogens with zero attached hydrogens (tertiary/aromatic N) is 4. The quantitative estimate of drug-likeness (QED) is 0.643. The van der Waals surface area contributed by atoms with E-state index >= 15 is 0 Å². The van der Waals surface area contributed by atoms with Crippen molar-refractivity contribution >= 4 is 23.0 Å². The molecular formula is C15H17ClN4O2. The van der Waals surface area contributed by atoms with E-state index in [1.54, 1.807) is 6.07 Å². The van der Waals surface area contributed by atoms with E-state index in [0.29, 0.717) is 10.9 Å². The van der Waals surface area contributed by atoms with Gasteiger partial charge >= 0.3 is 0 Å². The second-order valence-corrected chi connectivity index (χ2v) is 6.14. The number of hydrogen-bond acceptors (Lipinski definition) is 4. The van der Waals surface area contributed by atoms with Gasteiger partial charge < -0.3 is 4.90 Å². The van der Waals surface area contributed by atoms with Crippen LogP contribution in [0.3, 0.4) is 0 Å². The largest absolute Gasteiger partial charge is 0.369 e. The summed E-state index contributed by atoms with van der Waals surface area (Å²) in [5.74, 6) is 0.416. The molecule has 2 heterocycles. The lowest BCUT2D eigenvalue weighted by Gasteiger charge is -2.22. The SMILES string of the molecule is Cc1cc([N+](=O)[O-])cc(Cl)c1N1CCC(c2cnn(C)c2)C1. The smallest absolute Gasteiger partial charge is 0.271 e. The van der Waals surface area contributed by atoms with Crippen molar-refractivity contribution in [2.24, 2.45) is 7.05 Å². The van der Waals surface area contributed by atoms with Crippen molar-refractivity contribution in [3.63, 3.8) is 0 Å². The molecule has 6 nitrogen and oxygen atoms in total. The normalized spacial score (nSPS) is 18.0. The van der Waals surface area contributed by atoms with Gasteiger partial charge in [0.1, 0.15) is 0 Å². The van der Waals surface area contributed by atoms with Crippen molar-refractivity contribution in [2.45, 2.75) is 19.3 Å². The lowest BCUT2D eigenvalue weighted by Crippen LogP contribution is -2.20. The van der Waals surface area contributed by atoms with Crippen molar-refractivity contribution in [1.82, 2.24) is 9.78 Å². The first-order valence-corrected chi connectivity index (χ1v) is 7.51. The molecule has 0 amide bonds. The summed E-state index contributed by atoms with van der Waals surface area (Å²) in [4.78, 5) is 12.7. The summed E-state index contributed by atoms with van der Waals surface area (Å²) < 4.78 is 1.81. The standard InChI is InChI=1S/C15H17ClN4O2/c1-10-5-13(20(21)22)6-14(16)15(10)19-4-3-11(9-19)12-7-17-18(2)8-12/h5-8,11H,3-4,9H2,1-2H3. The number of anilines is 1. The molecular weight excluding hydrogens is 304 g/mol. The zero-order valence-corrected chi connectivity index (χ0v) is 13.2. The van der Waals surface area contributed by atoms with Crippen molar-refractivity contribution in [2.75, 3.05) is 18.0 Å². The number of benzene rings is 1. The summed E-state index contributed by atoms with van der Waals surface area (Å²) in [6, 6.07) is 3.01. The Morgan fingerprint density at radius 3 is 2.82 bits per heavy atom. The highest BCUT2D eigenvalue weighted by molar-refractivity contribution is 6.33. The molecule has 1 aromatic heterocycles. The predicted molar refractivity (Wildman–Crippen MR) is 85.6 cm³/mol. The Balaban J connectivity index is 1.85. The highest BCUT2D eigenvalue weighted by Crippen LogP contribution is 2.38. The molecule has 1 unspecified atom stereocenters. The average Bonchev–Trinajstić information content (AvgIpc) is 3.07. The van der Waals surface area contributed by atoms with E-state index in [-0.39, 0.29) is 5.69 Å². The van der Waals surface area contributed by atoms with E-state index in [1.165, 1.54) is 11.6 Å².